The number of fused-ring (bicyclic) bond motifs is 5. The van der Waals surface area contributed by atoms with Crippen LogP contribution in [0.25, 0.3) is 33.7 Å². The zero-order chi connectivity index (χ0) is 26.3. The maximum atomic E-state index is 13.5. The van der Waals surface area contributed by atoms with Crippen LogP contribution in [0.4, 0.5) is 0 Å². The zero-order valence-electron chi connectivity index (χ0n) is 21.3. The molecule has 0 unspecified atom stereocenters. The fraction of sp³-hybridized carbons (Fsp3) is 0.114. The Morgan fingerprint density at radius 3 is 2.46 bits per heavy atom. The van der Waals surface area contributed by atoms with Crippen molar-refractivity contribution in [2.24, 2.45) is 0 Å². The van der Waals surface area contributed by atoms with Gasteiger partial charge in [0, 0.05) is 10.9 Å². The molecule has 2 aliphatic rings. The van der Waals surface area contributed by atoms with Crippen LogP contribution in [0.3, 0.4) is 0 Å². The lowest BCUT2D eigenvalue weighted by atomic mass is 10.0. The van der Waals surface area contributed by atoms with Crippen molar-refractivity contribution in [2.75, 3.05) is 6.61 Å². The second-order valence-corrected chi connectivity index (χ2v) is 10.1. The molecule has 0 spiro atoms. The Hall–Kier alpha value is -4.83. The van der Waals surface area contributed by atoms with Crippen LogP contribution in [0, 0.1) is 0 Å². The van der Waals surface area contributed by atoms with Gasteiger partial charge in [0.15, 0.2) is 12.4 Å². The molecular weight excluding hydrogens is 482 g/mol. The lowest BCUT2D eigenvalue weighted by molar-refractivity contribution is 0.0475. The highest BCUT2D eigenvalue weighted by atomic mass is 16.5. The molecule has 7 rings (SSSR count). The summed E-state index contributed by atoms with van der Waals surface area (Å²) in [5.41, 5.74) is 10.5. The molecule has 4 nitrogen and oxygen atoms in total. The van der Waals surface area contributed by atoms with Crippen molar-refractivity contribution in [3.05, 3.63) is 136 Å². The number of nitrogens with zero attached hydrogens (tertiary/aromatic N) is 1. The number of para-hydroxylation sites is 1. The summed E-state index contributed by atoms with van der Waals surface area (Å²) in [7, 11) is 0. The molecule has 39 heavy (non-hydrogen) atoms. The van der Waals surface area contributed by atoms with E-state index in [1.54, 1.807) is 0 Å². The first-order valence-corrected chi connectivity index (χ1v) is 13.2. The number of pyridine rings is 1. The molecule has 0 atom stereocenters. The third kappa shape index (κ3) is 4.15. The molecule has 5 aromatic rings. The van der Waals surface area contributed by atoms with Crippen molar-refractivity contribution < 1.29 is 14.3 Å². The normalized spacial score (nSPS) is 14.2. The number of hydrogen-bond donors (Lipinski definition) is 0. The van der Waals surface area contributed by atoms with Gasteiger partial charge in [0.1, 0.15) is 0 Å². The van der Waals surface area contributed by atoms with Crippen LogP contribution in [0.5, 0.6) is 0 Å². The molecule has 0 saturated heterocycles. The van der Waals surface area contributed by atoms with Gasteiger partial charge in [0.25, 0.3) is 0 Å². The van der Waals surface area contributed by atoms with E-state index in [0.29, 0.717) is 17.5 Å². The van der Waals surface area contributed by atoms with E-state index in [1.807, 2.05) is 72.8 Å². The largest absolute Gasteiger partial charge is 0.454 e. The van der Waals surface area contributed by atoms with E-state index in [4.69, 9.17) is 9.72 Å². The fourth-order valence-electron chi connectivity index (χ4n) is 5.85. The minimum Gasteiger partial charge on any atom is -0.454 e. The fourth-order valence-corrected chi connectivity index (χ4v) is 5.85. The number of allylic oxidation sites excluding steroid dienone is 1. The van der Waals surface area contributed by atoms with Gasteiger partial charge in [-0.2, -0.15) is 0 Å². The summed E-state index contributed by atoms with van der Waals surface area (Å²) >= 11 is 0. The molecule has 0 aliphatic heterocycles. The number of aromatic nitrogens is 1. The predicted octanol–water partition coefficient (Wildman–Crippen LogP) is 7.33. The predicted molar refractivity (Wildman–Crippen MR) is 154 cm³/mol. The third-order valence-corrected chi connectivity index (χ3v) is 7.74. The molecular formula is C35H25NO3. The van der Waals surface area contributed by atoms with Crippen LogP contribution in [0.15, 0.2) is 97.1 Å². The van der Waals surface area contributed by atoms with E-state index in [2.05, 4.69) is 30.3 Å². The van der Waals surface area contributed by atoms with Gasteiger partial charge in [-0.1, -0.05) is 84.9 Å². The van der Waals surface area contributed by atoms with Crippen molar-refractivity contribution in [1.82, 2.24) is 4.98 Å². The molecule has 1 aromatic heterocycles. The van der Waals surface area contributed by atoms with Crippen LogP contribution in [0.2, 0.25) is 0 Å². The number of carbonyl (C=O) groups excluding carboxylic acids is 2. The highest BCUT2D eigenvalue weighted by Crippen LogP contribution is 2.39. The molecule has 0 amide bonds. The summed E-state index contributed by atoms with van der Waals surface area (Å²) < 4.78 is 5.68. The van der Waals surface area contributed by atoms with E-state index in [-0.39, 0.29) is 12.4 Å². The van der Waals surface area contributed by atoms with Crippen LogP contribution >= 0.6 is 0 Å². The standard InChI is InChI=1S/C35H25NO3/c37-32(25-15-14-24-19-23-10-4-5-11-27(23)30(24)20-25)21-39-35(38)33-28-12-6-7-13-31(28)36-34-26(16-17-29(33)34)18-22-8-2-1-3-9-22/h1-15,18,20H,16-17,19,21H2. The summed E-state index contributed by atoms with van der Waals surface area (Å²) in [6.45, 7) is -0.308. The van der Waals surface area contributed by atoms with Gasteiger partial charge in [0.05, 0.1) is 16.8 Å². The Morgan fingerprint density at radius 2 is 1.56 bits per heavy atom. The molecule has 0 fully saturated rings. The Bertz CT molecular complexity index is 1820. The van der Waals surface area contributed by atoms with Gasteiger partial charge in [-0.05, 0) is 76.4 Å². The van der Waals surface area contributed by atoms with Crippen molar-refractivity contribution in [3.8, 4) is 11.1 Å². The average molecular weight is 508 g/mol. The first-order valence-electron chi connectivity index (χ1n) is 13.2. The van der Waals surface area contributed by atoms with Crippen LogP contribution < -0.4 is 0 Å². The second-order valence-electron chi connectivity index (χ2n) is 10.1. The molecule has 4 aromatic carbocycles. The highest BCUT2D eigenvalue weighted by Gasteiger charge is 2.28. The smallest absolute Gasteiger partial charge is 0.339 e. The summed E-state index contributed by atoms with van der Waals surface area (Å²) in [5, 5.41) is 0.754. The van der Waals surface area contributed by atoms with Crippen molar-refractivity contribution >= 4 is 34.3 Å². The Labute approximate surface area is 226 Å². The number of esters is 1. The van der Waals surface area contributed by atoms with Crippen molar-refractivity contribution in [1.29, 1.82) is 0 Å². The lowest BCUT2D eigenvalue weighted by Gasteiger charge is -2.12. The summed E-state index contributed by atoms with van der Waals surface area (Å²) in [5.74, 6) is -0.694. The van der Waals surface area contributed by atoms with Gasteiger partial charge in [0.2, 0.25) is 0 Å². The van der Waals surface area contributed by atoms with Crippen molar-refractivity contribution in [2.45, 2.75) is 19.3 Å². The first kappa shape index (κ1) is 23.3. The minimum atomic E-state index is -0.481. The summed E-state index contributed by atoms with van der Waals surface area (Å²) in [4.78, 5) is 31.6. The maximum Gasteiger partial charge on any atom is 0.339 e. The van der Waals surface area contributed by atoms with E-state index < -0.39 is 5.97 Å². The van der Waals surface area contributed by atoms with E-state index in [0.717, 1.165) is 57.3 Å². The van der Waals surface area contributed by atoms with Gasteiger partial charge in [-0.15, -0.1) is 0 Å². The second kappa shape index (κ2) is 9.48. The number of benzene rings is 4. The molecule has 1 heterocycles. The molecule has 0 N–H and O–H groups in total. The number of rotatable bonds is 5. The van der Waals surface area contributed by atoms with Crippen LogP contribution in [-0.2, 0) is 17.6 Å². The number of hydrogen-bond acceptors (Lipinski definition) is 4. The number of ether oxygens (including phenoxy) is 1. The van der Waals surface area contributed by atoms with E-state index in [9.17, 15) is 9.59 Å². The molecule has 0 bridgehead atoms. The Kier molecular flexibility index (Phi) is 5.66. The van der Waals surface area contributed by atoms with E-state index in [1.165, 1.54) is 11.1 Å². The molecule has 0 saturated carbocycles. The Balaban J connectivity index is 1.18. The maximum absolute atomic E-state index is 13.5. The van der Waals surface area contributed by atoms with Gasteiger partial charge >= 0.3 is 5.97 Å². The third-order valence-electron chi connectivity index (χ3n) is 7.74. The van der Waals surface area contributed by atoms with Gasteiger partial charge in [-0.25, -0.2) is 9.78 Å². The summed E-state index contributed by atoms with van der Waals surface area (Å²) in [6.07, 6.45) is 4.51. The molecule has 2 aliphatic carbocycles. The molecule has 188 valence electrons. The Morgan fingerprint density at radius 1 is 0.795 bits per heavy atom. The topological polar surface area (TPSA) is 56.3 Å². The molecule has 0 radical (unpaired) electrons. The number of ketones is 1. The van der Waals surface area contributed by atoms with Gasteiger partial charge < -0.3 is 4.74 Å². The quantitative estimate of drug-likeness (QED) is 0.181. The zero-order valence-corrected chi connectivity index (χ0v) is 21.3. The minimum absolute atomic E-state index is 0.213. The SMILES string of the molecule is O=C(COC(=O)c1c2c(nc3ccccc13)C(=Cc1ccccc1)CC2)c1ccc2c(c1)-c1ccccc1C2. The number of Topliss-reactive ketones (excluding diaryl/α,β-unsaturated/α-hetero) is 1. The first-order chi connectivity index (χ1) is 19.2. The highest BCUT2D eigenvalue weighted by molar-refractivity contribution is 6.08. The van der Waals surface area contributed by atoms with Crippen molar-refractivity contribution in [3.63, 3.8) is 0 Å². The molecule has 4 heteroatoms. The van der Waals surface area contributed by atoms with Crippen LogP contribution in [0.1, 0.15) is 55.1 Å². The van der Waals surface area contributed by atoms with Crippen LogP contribution in [-0.4, -0.2) is 23.3 Å². The average Bonchev–Trinajstić information content (AvgIpc) is 3.55. The van der Waals surface area contributed by atoms with Gasteiger partial charge in [-0.3, -0.25) is 4.79 Å². The lowest BCUT2D eigenvalue weighted by Crippen LogP contribution is -2.16. The number of carbonyl (C=O) groups is 2. The summed E-state index contributed by atoms with van der Waals surface area (Å²) in [6, 6.07) is 31.8. The van der Waals surface area contributed by atoms with E-state index >= 15 is 0 Å². The monoisotopic (exact) mass is 507 g/mol.